The Morgan fingerprint density at radius 2 is 2.40 bits per heavy atom. The smallest absolute Gasteiger partial charge is 0.234 e. The van der Waals surface area contributed by atoms with Gasteiger partial charge in [-0.05, 0) is 24.8 Å². The van der Waals surface area contributed by atoms with Gasteiger partial charge in [0.25, 0.3) is 0 Å². The third-order valence-corrected chi connectivity index (χ3v) is 1.70. The largest absolute Gasteiger partial charge is 0.492 e. The molecule has 2 rings (SSSR count). The summed E-state index contributed by atoms with van der Waals surface area (Å²) in [6, 6.07) is 1.71. The third kappa shape index (κ3) is 0.835. The highest BCUT2D eigenvalue weighted by Crippen LogP contribution is 2.42. The average Bonchev–Trinajstić information content (AvgIpc) is 2.71. The van der Waals surface area contributed by atoms with Crippen LogP contribution in [0.2, 0.25) is 0 Å². The molecule has 1 radical (unpaired) electrons. The van der Waals surface area contributed by atoms with Crippen molar-refractivity contribution in [1.29, 1.82) is 0 Å². The minimum atomic E-state index is 0.0706. The summed E-state index contributed by atoms with van der Waals surface area (Å²) in [6.45, 7) is 0. The van der Waals surface area contributed by atoms with Crippen molar-refractivity contribution >= 4 is 0 Å². The van der Waals surface area contributed by atoms with Crippen LogP contribution in [0, 0.1) is 6.20 Å². The van der Waals surface area contributed by atoms with Gasteiger partial charge in [0.15, 0.2) is 0 Å². The second-order valence-corrected chi connectivity index (χ2v) is 2.53. The summed E-state index contributed by atoms with van der Waals surface area (Å²) in [6.07, 6.45) is 4.92. The Bertz CT molecular complexity index is 245. The molecule has 0 aromatic carbocycles. The van der Waals surface area contributed by atoms with E-state index in [1.807, 2.05) is 0 Å². The van der Waals surface area contributed by atoms with Gasteiger partial charge in [0.2, 0.25) is 5.88 Å². The minimum absolute atomic E-state index is 0.0706. The first-order chi connectivity index (χ1) is 4.88. The number of rotatable bonds is 1. The molecule has 1 aromatic rings. The molecule has 0 saturated heterocycles. The zero-order valence-electron chi connectivity index (χ0n) is 5.41. The van der Waals surface area contributed by atoms with Gasteiger partial charge in [-0.2, -0.15) is 0 Å². The van der Waals surface area contributed by atoms with Gasteiger partial charge in [-0.1, -0.05) is 0 Å². The van der Waals surface area contributed by atoms with Crippen LogP contribution in [0.3, 0.4) is 0 Å². The van der Waals surface area contributed by atoms with Crippen molar-refractivity contribution in [2.45, 2.75) is 18.8 Å². The van der Waals surface area contributed by atoms with E-state index >= 15 is 0 Å². The highest BCUT2D eigenvalue weighted by molar-refractivity contribution is 5.29. The van der Waals surface area contributed by atoms with Crippen molar-refractivity contribution in [1.82, 2.24) is 10.2 Å². The SMILES string of the molecule is Oc1nn[c]cc1C1CC1. The zero-order valence-corrected chi connectivity index (χ0v) is 5.41. The van der Waals surface area contributed by atoms with E-state index in [9.17, 15) is 0 Å². The van der Waals surface area contributed by atoms with E-state index in [1.165, 1.54) is 0 Å². The molecular weight excluding hydrogens is 128 g/mol. The lowest BCUT2D eigenvalue weighted by atomic mass is 10.2. The van der Waals surface area contributed by atoms with Crippen LogP contribution in [-0.4, -0.2) is 15.3 Å². The second-order valence-electron chi connectivity index (χ2n) is 2.53. The third-order valence-electron chi connectivity index (χ3n) is 1.70. The molecule has 3 nitrogen and oxygen atoms in total. The number of aromatic hydroxyl groups is 1. The summed E-state index contributed by atoms with van der Waals surface area (Å²) in [4.78, 5) is 0. The maximum atomic E-state index is 9.13. The van der Waals surface area contributed by atoms with Crippen LogP contribution in [0.5, 0.6) is 5.88 Å². The zero-order chi connectivity index (χ0) is 6.97. The molecule has 1 aliphatic carbocycles. The fourth-order valence-corrected chi connectivity index (χ4v) is 0.992. The first-order valence-electron chi connectivity index (χ1n) is 3.30. The van der Waals surface area contributed by atoms with E-state index in [-0.39, 0.29) is 5.88 Å². The van der Waals surface area contributed by atoms with E-state index < -0.39 is 0 Å². The number of hydrogen-bond donors (Lipinski definition) is 1. The highest BCUT2D eigenvalue weighted by Gasteiger charge is 2.26. The van der Waals surface area contributed by atoms with E-state index in [2.05, 4.69) is 16.4 Å². The van der Waals surface area contributed by atoms with Gasteiger partial charge in [-0.25, -0.2) is 0 Å². The van der Waals surface area contributed by atoms with Crippen LogP contribution in [-0.2, 0) is 0 Å². The number of aromatic nitrogens is 2. The van der Waals surface area contributed by atoms with Crippen LogP contribution in [0.1, 0.15) is 24.3 Å². The lowest BCUT2D eigenvalue weighted by Crippen LogP contribution is -1.86. The van der Waals surface area contributed by atoms with Crippen LogP contribution in [0.4, 0.5) is 0 Å². The van der Waals surface area contributed by atoms with Crippen LogP contribution >= 0.6 is 0 Å². The highest BCUT2D eigenvalue weighted by atomic mass is 16.3. The van der Waals surface area contributed by atoms with Crippen molar-refractivity contribution in [3.8, 4) is 5.88 Å². The summed E-state index contributed by atoms with van der Waals surface area (Å²) >= 11 is 0. The Morgan fingerprint density at radius 3 is 3.00 bits per heavy atom. The van der Waals surface area contributed by atoms with Gasteiger partial charge in [0.1, 0.15) is 6.20 Å². The molecular formula is C7H7N2O. The fourth-order valence-electron chi connectivity index (χ4n) is 0.992. The summed E-state index contributed by atoms with van der Waals surface area (Å²) in [5, 5.41) is 16.0. The number of nitrogens with zero attached hydrogens (tertiary/aromatic N) is 2. The summed E-state index contributed by atoms with van der Waals surface area (Å²) in [5.41, 5.74) is 0.898. The quantitative estimate of drug-likeness (QED) is 0.621. The van der Waals surface area contributed by atoms with Gasteiger partial charge < -0.3 is 5.11 Å². The van der Waals surface area contributed by atoms with Crippen molar-refractivity contribution in [2.24, 2.45) is 0 Å². The van der Waals surface area contributed by atoms with Crippen molar-refractivity contribution < 1.29 is 5.11 Å². The first kappa shape index (κ1) is 5.65. The second kappa shape index (κ2) is 1.94. The van der Waals surface area contributed by atoms with E-state index in [4.69, 9.17) is 5.11 Å². The standard InChI is InChI=1S/C7H7N2O/c10-7-6(5-1-2-5)3-4-8-9-7/h3,5H,1-2H2,(H,9,10). The molecule has 1 N–H and O–H groups in total. The Hall–Kier alpha value is -1.12. The van der Waals surface area contributed by atoms with E-state index in [0.29, 0.717) is 5.92 Å². The molecule has 0 spiro atoms. The van der Waals surface area contributed by atoms with Crippen molar-refractivity contribution in [3.63, 3.8) is 0 Å². The van der Waals surface area contributed by atoms with Gasteiger partial charge in [0.05, 0.1) is 0 Å². The topological polar surface area (TPSA) is 46.0 Å². The molecule has 1 aliphatic rings. The Morgan fingerprint density at radius 1 is 1.60 bits per heavy atom. The maximum Gasteiger partial charge on any atom is 0.234 e. The molecule has 10 heavy (non-hydrogen) atoms. The number of hydrogen-bond acceptors (Lipinski definition) is 3. The van der Waals surface area contributed by atoms with Gasteiger partial charge in [-0.15, -0.1) is 10.2 Å². The van der Waals surface area contributed by atoms with Crippen molar-refractivity contribution in [2.75, 3.05) is 0 Å². The maximum absolute atomic E-state index is 9.13. The Labute approximate surface area is 58.7 Å². The van der Waals surface area contributed by atoms with Gasteiger partial charge in [0, 0.05) is 5.56 Å². The van der Waals surface area contributed by atoms with Gasteiger partial charge in [-0.3, -0.25) is 0 Å². The summed E-state index contributed by atoms with van der Waals surface area (Å²) < 4.78 is 0. The minimum Gasteiger partial charge on any atom is -0.492 e. The predicted molar refractivity (Wildman–Crippen MR) is 34.5 cm³/mol. The van der Waals surface area contributed by atoms with Crippen LogP contribution in [0.25, 0.3) is 0 Å². The molecule has 0 bridgehead atoms. The van der Waals surface area contributed by atoms with Crippen molar-refractivity contribution in [3.05, 3.63) is 17.8 Å². The lowest BCUT2D eigenvalue weighted by Gasteiger charge is -1.95. The molecule has 0 atom stereocenters. The molecule has 0 aliphatic heterocycles. The molecule has 0 unspecified atom stereocenters. The van der Waals surface area contributed by atoms with Crippen LogP contribution in [0.15, 0.2) is 6.07 Å². The van der Waals surface area contributed by atoms with E-state index in [1.54, 1.807) is 6.07 Å². The van der Waals surface area contributed by atoms with E-state index in [0.717, 1.165) is 18.4 Å². The fraction of sp³-hybridized carbons (Fsp3) is 0.429. The van der Waals surface area contributed by atoms with Crippen LogP contribution < -0.4 is 0 Å². The molecule has 1 heterocycles. The Kier molecular flexibility index (Phi) is 1.09. The summed E-state index contributed by atoms with van der Waals surface area (Å²) in [7, 11) is 0. The average molecular weight is 135 g/mol. The van der Waals surface area contributed by atoms with Gasteiger partial charge >= 0.3 is 0 Å². The lowest BCUT2D eigenvalue weighted by molar-refractivity contribution is 0.437. The predicted octanol–water partition coefficient (Wildman–Crippen LogP) is 0.860. The Balaban J connectivity index is 2.39. The molecule has 1 fully saturated rings. The monoisotopic (exact) mass is 135 g/mol. The molecule has 1 aromatic heterocycles. The first-order valence-corrected chi connectivity index (χ1v) is 3.30. The molecule has 1 saturated carbocycles. The molecule has 51 valence electrons. The normalized spacial score (nSPS) is 17.2. The summed E-state index contributed by atoms with van der Waals surface area (Å²) in [5.74, 6) is 0.591. The molecule has 0 amide bonds. The molecule has 3 heteroatoms.